The molecule has 186 valence electrons. The van der Waals surface area contributed by atoms with Crippen LogP contribution in [0.15, 0.2) is 42.5 Å². The molecule has 0 unspecified atom stereocenters. The summed E-state index contributed by atoms with van der Waals surface area (Å²) in [5.41, 5.74) is 2.85. The maximum absolute atomic E-state index is 13.6. The van der Waals surface area contributed by atoms with Gasteiger partial charge in [-0.25, -0.2) is 0 Å². The number of aryl methyl sites for hydroxylation is 2. The first kappa shape index (κ1) is 25.2. The summed E-state index contributed by atoms with van der Waals surface area (Å²) < 4.78 is 5.08. The van der Waals surface area contributed by atoms with Crippen LogP contribution in [0.2, 0.25) is 5.02 Å². The molecule has 35 heavy (non-hydrogen) atoms. The number of nitrogens with zero attached hydrogens (tertiary/aromatic N) is 3. The average Bonchev–Trinajstić information content (AvgIpc) is 3.07. The second kappa shape index (κ2) is 10.4. The van der Waals surface area contributed by atoms with Crippen LogP contribution in [0.4, 0.5) is 5.69 Å². The Morgan fingerprint density at radius 3 is 2.43 bits per heavy atom. The second-order valence-electron chi connectivity index (χ2n) is 9.42. The summed E-state index contributed by atoms with van der Waals surface area (Å²) >= 11 is 6.50. The molecule has 0 aromatic heterocycles. The monoisotopic (exact) mass is 497 g/mol. The van der Waals surface area contributed by atoms with Crippen molar-refractivity contribution in [3.8, 4) is 0 Å². The number of benzene rings is 2. The van der Waals surface area contributed by atoms with E-state index in [4.69, 9.17) is 16.3 Å². The van der Waals surface area contributed by atoms with Crippen molar-refractivity contribution in [2.45, 2.75) is 32.1 Å². The Labute approximate surface area is 211 Å². The number of anilines is 1. The van der Waals surface area contributed by atoms with Gasteiger partial charge in [-0.2, -0.15) is 0 Å². The zero-order chi connectivity index (χ0) is 25.2. The van der Waals surface area contributed by atoms with Crippen molar-refractivity contribution >= 4 is 35.0 Å². The van der Waals surface area contributed by atoms with E-state index in [1.165, 1.54) is 28.8 Å². The van der Waals surface area contributed by atoms with Crippen LogP contribution in [0.3, 0.4) is 0 Å². The van der Waals surface area contributed by atoms with Gasteiger partial charge < -0.3 is 14.5 Å². The van der Waals surface area contributed by atoms with Crippen molar-refractivity contribution in [1.82, 2.24) is 9.80 Å². The summed E-state index contributed by atoms with van der Waals surface area (Å²) in [5.74, 6) is -0.825. The molecule has 0 radical (unpaired) electrons. The molecule has 0 saturated carbocycles. The van der Waals surface area contributed by atoms with Crippen molar-refractivity contribution in [2.24, 2.45) is 0 Å². The summed E-state index contributed by atoms with van der Waals surface area (Å²) in [6, 6.07) is 13.4. The summed E-state index contributed by atoms with van der Waals surface area (Å²) in [6.45, 7) is 7.11. The Kier molecular flexibility index (Phi) is 7.47. The summed E-state index contributed by atoms with van der Waals surface area (Å²) in [4.78, 5) is 45.3. The number of amides is 3. The fraction of sp³-hybridized carbons (Fsp3) is 0.444. The van der Waals surface area contributed by atoms with Crippen LogP contribution in [0.25, 0.3) is 0 Å². The molecule has 7 nitrogen and oxygen atoms in total. The van der Waals surface area contributed by atoms with Crippen LogP contribution >= 0.6 is 11.6 Å². The van der Waals surface area contributed by atoms with E-state index < -0.39 is 5.41 Å². The lowest BCUT2D eigenvalue weighted by atomic mass is 9.75. The molecule has 1 atom stereocenters. The number of rotatable bonds is 7. The van der Waals surface area contributed by atoms with E-state index in [1.54, 1.807) is 29.2 Å². The standard InChI is InChI=1S/C27H32ClN3O4/c1-19-8-9-23(20(2)16-19)29-10-12-30(13-11-29)24(32)17-27(21-6-4-5-7-22(21)28)18-25(33)31(26(27)34)14-15-35-3/h4-9,16H,10-15,17-18H2,1-3H3/t27-/m1/s1. The first-order valence-corrected chi connectivity index (χ1v) is 12.3. The van der Waals surface area contributed by atoms with Crippen molar-refractivity contribution in [1.29, 1.82) is 0 Å². The van der Waals surface area contributed by atoms with Crippen molar-refractivity contribution in [2.75, 3.05) is 51.3 Å². The van der Waals surface area contributed by atoms with Gasteiger partial charge in [-0.3, -0.25) is 19.3 Å². The molecular formula is C27H32ClN3O4. The predicted octanol–water partition coefficient (Wildman–Crippen LogP) is 3.34. The van der Waals surface area contributed by atoms with E-state index in [-0.39, 0.29) is 43.7 Å². The molecule has 2 aromatic rings. The lowest BCUT2D eigenvalue weighted by Gasteiger charge is -2.38. The van der Waals surface area contributed by atoms with Crippen molar-refractivity contribution < 1.29 is 19.1 Å². The Bertz CT molecular complexity index is 1130. The molecule has 2 saturated heterocycles. The molecule has 0 bridgehead atoms. The number of hydrogen-bond donors (Lipinski definition) is 0. The van der Waals surface area contributed by atoms with E-state index >= 15 is 0 Å². The lowest BCUT2D eigenvalue weighted by Crippen LogP contribution is -2.51. The minimum atomic E-state index is -1.30. The first-order chi connectivity index (χ1) is 16.8. The van der Waals surface area contributed by atoms with Crippen LogP contribution < -0.4 is 4.90 Å². The molecule has 0 aliphatic carbocycles. The zero-order valence-corrected chi connectivity index (χ0v) is 21.3. The van der Waals surface area contributed by atoms with Gasteiger partial charge in [0, 0.05) is 56.8 Å². The third-order valence-electron chi connectivity index (χ3n) is 7.10. The number of hydrogen-bond acceptors (Lipinski definition) is 5. The predicted molar refractivity (Wildman–Crippen MR) is 136 cm³/mol. The number of carbonyl (C=O) groups is 3. The largest absolute Gasteiger partial charge is 0.383 e. The Morgan fingerprint density at radius 2 is 1.77 bits per heavy atom. The fourth-order valence-corrected chi connectivity index (χ4v) is 5.55. The minimum absolute atomic E-state index is 0.0758. The molecular weight excluding hydrogens is 466 g/mol. The van der Waals surface area contributed by atoms with E-state index in [1.807, 2.05) is 0 Å². The van der Waals surface area contributed by atoms with Crippen LogP contribution in [0.5, 0.6) is 0 Å². The molecule has 2 aromatic carbocycles. The summed E-state index contributed by atoms with van der Waals surface area (Å²) in [5, 5.41) is 0.384. The van der Waals surface area contributed by atoms with Gasteiger partial charge in [-0.1, -0.05) is 47.5 Å². The van der Waals surface area contributed by atoms with Crippen molar-refractivity contribution in [3.63, 3.8) is 0 Å². The number of piperazine rings is 1. The lowest BCUT2D eigenvalue weighted by molar-refractivity contribution is -0.143. The number of halogens is 1. The van der Waals surface area contributed by atoms with Crippen LogP contribution in [-0.2, 0) is 24.5 Å². The van der Waals surface area contributed by atoms with Crippen LogP contribution in [0, 0.1) is 13.8 Å². The molecule has 2 fully saturated rings. The quantitative estimate of drug-likeness (QED) is 0.549. The molecule has 2 heterocycles. The van der Waals surface area contributed by atoms with Crippen LogP contribution in [-0.4, -0.2) is 74.0 Å². The average molecular weight is 498 g/mol. The van der Waals surface area contributed by atoms with Gasteiger partial charge in [0.1, 0.15) is 0 Å². The van der Waals surface area contributed by atoms with Gasteiger partial charge in [0.2, 0.25) is 17.7 Å². The maximum atomic E-state index is 13.6. The van der Waals surface area contributed by atoms with E-state index in [0.717, 1.165) is 0 Å². The highest BCUT2D eigenvalue weighted by Crippen LogP contribution is 2.43. The third kappa shape index (κ3) is 4.93. The maximum Gasteiger partial charge on any atom is 0.241 e. The van der Waals surface area contributed by atoms with Gasteiger partial charge >= 0.3 is 0 Å². The molecule has 4 rings (SSSR count). The van der Waals surface area contributed by atoms with Gasteiger partial charge in [0.25, 0.3) is 0 Å². The normalized spacial score (nSPS) is 20.6. The number of imide groups is 1. The Morgan fingerprint density at radius 1 is 1.06 bits per heavy atom. The molecule has 2 aliphatic rings. The SMILES string of the molecule is COCCN1C(=O)C[C@](CC(=O)N2CCN(c3ccc(C)cc3C)CC2)(c2ccccc2Cl)C1=O. The van der Waals surface area contributed by atoms with Gasteiger partial charge in [0.05, 0.1) is 18.6 Å². The number of likely N-dealkylation sites (tertiary alicyclic amines) is 1. The Hall–Kier alpha value is -2.90. The highest BCUT2D eigenvalue weighted by Gasteiger charge is 2.54. The highest BCUT2D eigenvalue weighted by atomic mass is 35.5. The number of methoxy groups -OCH3 is 1. The smallest absolute Gasteiger partial charge is 0.241 e. The second-order valence-corrected chi connectivity index (χ2v) is 9.82. The zero-order valence-electron chi connectivity index (χ0n) is 20.6. The fourth-order valence-electron chi connectivity index (χ4n) is 5.23. The van der Waals surface area contributed by atoms with E-state index in [2.05, 4.69) is 36.9 Å². The molecule has 2 aliphatic heterocycles. The minimum Gasteiger partial charge on any atom is -0.383 e. The number of carbonyl (C=O) groups excluding carboxylic acids is 3. The first-order valence-electron chi connectivity index (χ1n) is 12.0. The topological polar surface area (TPSA) is 70.2 Å². The van der Waals surface area contributed by atoms with E-state index in [9.17, 15) is 14.4 Å². The molecule has 0 N–H and O–H groups in total. The van der Waals surface area contributed by atoms with Gasteiger partial charge in [0.15, 0.2) is 0 Å². The number of ether oxygens (including phenoxy) is 1. The molecule has 8 heteroatoms. The van der Waals surface area contributed by atoms with Gasteiger partial charge in [-0.15, -0.1) is 0 Å². The Balaban J connectivity index is 1.53. The molecule has 3 amide bonds. The summed E-state index contributed by atoms with van der Waals surface area (Å²) in [6.07, 6.45) is -0.165. The summed E-state index contributed by atoms with van der Waals surface area (Å²) in [7, 11) is 1.52. The third-order valence-corrected chi connectivity index (χ3v) is 7.42. The van der Waals surface area contributed by atoms with Gasteiger partial charge in [-0.05, 0) is 37.1 Å². The van der Waals surface area contributed by atoms with Crippen LogP contribution in [0.1, 0.15) is 29.5 Å². The molecule has 0 spiro atoms. The van der Waals surface area contributed by atoms with Crippen molar-refractivity contribution in [3.05, 3.63) is 64.2 Å². The van der Waals surface area contributed by atoms with E-state index in [0.29, 0.717) is 36.8 Å². The highest BCUT2D eigenvalue weighted by molar-refractivity contribution is 6.32.